The van der Waals surface area contributed by atoms with Gasteiger partial charge in [-0.25, -0.2) is 18.6 Å². The molecule has 3 heterocycles. The molecule has 2 aliphatic rings. The van der Waals surface area contributed by atoms with Gasteiger partial charge in [0.05, 0.1) is 19.8 Å². The number of carbonyl (C=O) groups excluding carboxylic acids is 2. The van der Waals surface area contributed by atoms with Gasteiger partial charge in [0.1, 0.15) is 23.1 Å². The molecule has 12 heteroatoms. The Labute approximate surface area is 305 Å². The molecule has 52 heavy (non-hydrogen) atoms. The van der Waals surface area contributed by atoms with Crippen molar-refractivity contribution < 1.29 is 37.1 Å². The third kappa shape index (κ3) is 7.83. The number of halogens is 2. The van der Waals surface area contributed by atoms with E-state index in [0.717, 1.165) is 17.7 Å². The van der Waals surface area contributed by atoms with E-state index < -0.39 is 44.9 Å². The zero-order valence-corrected chi connectivity index (χ0v) is 31.0. The summed E-state index contributed by atoms with van der Waals surface area (Å²) in [5.74, 6) is -1.52. The molecule has 0 saturated carbocycles. The van der Waals surface area contributed by atoms with Crippen molar-refractivity contribution in [2.75, 3.05) is 20.0 Å². The highest BCUT2D eigenvalue weighted by molar-refractivity contribution is 7.92. The van der Waals surface area contributed by atoms with E-state index in [2.05, 4.69) is 34.0 Å². The maximum Gasteiger partial charge on any atom is 0.359 e. The Morgan fingerprint density at radius 2 is 1.88 bits per heavy atom. The van der Waals surface area contributed by atoms with Crippen LogP contribution >= 0.6 is 0 Å². The summed E-state index contributed by atoms with van der Waals surface area (Å²) in [4.78, 5) is 36.3. The number of ether oxygens (including phenoxy) is 3. The molecule has 0 fully saturated rings. The average molecular weight is 734 g/mol. The number of nitrogens with one attached hydrogen (secondary N) is 2. The number of aromatic amines is 2. The Balaban J connectivity index is 1.45. The van der Waals surface area contributed by atoms with Crippen molar-refractivity contribution >= 4 is 34.0 Å². The first-order valence-electron chi connectivity index (χ1n) is 17.5. The molecular weight excluding hydrogens is 689 g/mol. The van der Waals surface area contributed by atoms with Gasteiger partial charge in [-0.3, -0.25) is 4.79 Å². The van der Waals surface area contributed by atoms with Crippen LogP contribution < -0.4 is 4.74 Å². The second kappa shape index (κ2) is 15.3. The van der Waals surface area contributed by atoms with Gasteiger partial charge in [0.2, 0.25) is 5.25 Å². The van der Waals surface area contributed by atoms with Crippen molar-refractivity contribution in [2.24, 2.45) is 11.3 Å². The first-order valence-corrected chi connectivity index (χ1v) is 18.9. The van der Waals surface area contributed by atoms with E-state index >= 15 is 8.78 Å². The van der Waals surface area contributed by atoms with Gasteiger partial charge in [-0.2, -0.15) is 0 Å². The van der Waals surface area contributed by atoms with Crippen molar-refractivity contribution in [3.8, 4) is 22.9 Å². The van der Waals surface area contributed by atoms with Crippen molar-refractivity contribution in [3.05, 3.63) is 89.4 Å². The third-order valence-electron chi connectivity index (χ3n) is 10.5. The largest absolute Gasteiger partial charge is 0.616 e. The number of nitrogens with zero attached hydrogens (tertiary/aromatic N) is 1. The van der Waals surface area contributed by atoms with E-state index in [4.69, 9.17) is 14.2 Å². The Morgan fingerprint density at radius 1 is 1.08 bits per heavy atom. The SMILES string of the molecule is COC(=O)CCC1C=CC=C(C2(C)CCCC(C)(C)C[S+]([O-])C(C(=O)OC)Cc3c(c(F)cc4[nH]ccc34)Oc3ccc(F)c(c3)-c3ncc2[nH]3)C1. The number of aromatic nitrogens is 3. The number of benzene rings is 2. The van der Waals surface area contributed by atoms with Gasteiger partial charge in [-0.05, 0) is 67.0 Å². The lowest BCUT2D eigenvalue weighted by atomic mass is 9.69. The molecule has 4 bridgehead atoms. The minimum atomic E-state index is -1.70. The van der Waals surface area contributed by atoms with Crippen LogP contribution in [0.5, 0.6) is 11.5 Å². The number of hydrogen-bond acceptors (Lipinski definition) is 7. The zero-order chi connectivity index (χ0) is 37.2. The molecule has 4 unspecified atom stereocenters. The van der Waals surface area contributed by atoms with E-state index in [1.807, 2.05) is 19.9 Å². The van der Waals surface area contributed by atoms with Crippen LogP contribution in [-0.4, -0.2) is 56.7 Å². The molecule has 9 nitrogen and oxygen atoms in total. The number of rotatable bonds is 5. The number of fused-ring (bicyclic) bond motifs is 8. The summed E-state index contributed by atoms with van der Waals surface area (Å²) in [6.45, 7) is 6.21. The van der Waals surface area contributed by atoms with Gasteiger partial charge >= 0.3 is 11.9 Å². The topological polar surface area (TPSA) is 129 Å². The molecule has 0 saturated heterocycles. The van der Waals surface area contributed by atoms with Gasteiger partial charge in [0.25, 0.3) is 0 Å². The predicted octanol–water partition coefficient (Wildman–Crippen LogP) is 8.38. The smallest absolute Gasteiger partial charge is 0.359 e. The number of esters is 2. The van der Waals surface area contributed by atoms with Crippen LogP contribution in [0.4, 0.5) is 8.78 Å². The van der Waals surface area contributed by atoms with Crippen LogP contribution in [0.15, 0.2) is 66.5 Å². The van der Waals surface area contributed by atoms with Crippen LogP contribution in [0.3, 0.4) is 0 Å². The Hall–Kier alpha value is -4.42. The van der Waals surface area contributed by atoms with E-state index in [1.165, 1.54) is 38.5 Å². The normalized spacial score (nSPS) is 23.5. The molecule has 2 N–H and O–H groups in total. The zero-order valence-electron chi connectivity index (χ0n) is 30.1. The highest BCUT2D eigenvalue weighted by Gasteiger charge is 2.40. The van der Waals surface area contributed by atoms with E-state index in [1.54, 1.807) is 18.5 Å². The van der Waals surface area contributed by atoms with E-state index in [9.17, 15) is 14.1 Å². The molecule has 0 spiro atoms. The van der Waals surface area contributed by atoms with Crippen LogP contribution in [0.1, 0.15) is 70.6 Å². The minimum Gasteiger partial charge on any atom is -0.616 e. The standard InChI is InChI=1S/C40H45F2N3O6S/c1-39(2)15-7-16-40(3,25-9-6-8-24(18-25)10-13-35(46)49-4)34-22-44-37(45-34)29-19-26(11-12-30(29)41)51-36-28(20-33(38(47)50-5)52(48)23-39)27-14-17-43-32(27)21-31(36)42/h6,8-9,11-12,14,17,19,21-22,24,33,43H,7,10,13,15-16,18,20,23H2,1-5H3,(H,44,45). The fourth-order valence-electron chi connectivity index (χ4n) is 7.45. The minimum absolute atomic E-state index is 0.108. The summed E-state index contributed by atoms with van der Waals surface area (Å²) in [7, 11) is 2.64. The number of carbonyl (C=O) groups is 2. The summed E-state index contributed by atoms with van der Waals surface area (Å²) < 4.78 is 61.8. The second-order valence-electron chi connectivity index (χ2n) is 14.7. The maximum absolute atomic E-state index is 15.9. The van der Waals surface area contributed by atoms with Crippen molar-refractivity contribution in [2.45, 2.75) is 76.4 Å². The molecule has 0 amide bonds. The molecular formula is C40H45F2N3O6S. The fraction of sp³-hybridized carbons (Fsp3) is 0.425. The number of imidazole rings is 1. The maximum atomic E-state index is 15.9. The summed E-state index contributed by atoms with van der Waals surface area (Å²) in [6.07, 6.45) is 13.3. The van der Waals surface area contributed by atoms with Gasteiger partial charge in [0.15, 0.2) is 11.6 Å². The fourth-order valence-corrected chi connectivity index (χ4v) is 9.23. The van der Waals surface area contributed by atoms with Gasteiger partial charge in [-0.1, -0.05) is 51.0 Å². The molecule has 2 aromatic heterocycles. The first-order chi connectivity index (χ1) is 24.8. The van der Waals surface area contributed by atoms with Crippen LogP contribution in [-0.2, 0) is 42.1 Å². The summed E-state index contributed by atoms with van der Waals surface area (Å²) in [5, 5.41) is -0.493. The molecule has 1 aliphatic carbocycles. The molecule has 4 atom stereocenters. The van der Waals surface area contributed by atoms with Gasteiger partial charge in [-0.15, -0.1) is 0 Å². The van der Waals surface area contributed by atoms with Gasteiger partial charge < -0.3 is 28.7 Å². The lowest BCUT2D eigenvalue weighted by molar-refractivity contribution is -0.141. The Bertz CT molecular complexity index is 2020. The quantitative estimate of drug-likeness (QED) is 0.156. The monoisotopic (exact) mass is 733 g/mol. The molecule has 2 aromatic carbocycles. The molecule has 276 valence electrons. The third-order valence-corrected chi connectivity index (χ3v) is 12.6. The summed E-state index contributed by atoms with van der Waals surface area (Å²) >= 11 is -1.70. The summed E-state index contributed by atoms with van der Waals surface area (Å²) in [5.41, 5.74) is 1.91. The Morgan fingerprint density at radius 3 is 2.65 bits per heavy atom. The van der Waals surface area contributed by atoms with E-state index in [0.29, 0.717) is 54.4 Å². The number of methoxy groups -OCH3 is 2. The van der Waals surface area contributed by atoms with Crippen LogP contribution in [0.25, 0.3) is 22.3 Å². The van der Waals surface area contributed by atoms with Crippen LogP contribution in [0.2, 0.25) is 0 Å². The van der Waals surface area contributed by atoms with Crippen molar-refractivity contribution in [1.29, 1.82) is 0 Å². The average Bonchev–Trinajstić information content (AvgIpc) is 3.81. The lowest BCUT2D eigenvalue weighted by Gasteiger charge is -2.36. The highest BCUT2D eigenvalue weighted by Crippen LogP contribution is 2.44. The van der Waals surface area contributed by atoms with Gasteiger partial charge in [0, 0.05) is 64.3 Å². The molecule has 6 rings (SSSR count). The summed E-state index contributed by atoms with van der Waals surface area (Å²) in [6, 6.07) is 7.16. The molecule has 4 aromatic rings. The van der Waals surface area contributed by atoms with Crippen molar-refractivity contribution in [3.63, 3.8) is 0 Å². The van der Waals surface area contributed by atoms with Crippen molar-refractivity contribution in [1.82, 2.24) is 15.0 Å². The number of hydrogen-bond donors (Lipinski definition) is 2. The van der Waals surface area contributed by atoms with Crippen LogP contribution in [0, 0.1) is 23.0 Å². The number of H-pyrrole nitrogens is 2. The number of allylic oxidation sites excluding steroid dienone is 4. The first kappa shape index (κ1) is 37.3. The van der Waals surface area contributed by atoms with E-state index in [-0.39, 0.29) is 41.1 Å². The Kier molecular flexibility index (Phi) is 11.0. The lowest BCUT2D eigenvalue weighted by Crippen LogP contribution is -2.39. The second-order valence-corrected chi connectivity index (χ2v) is 16.4. The predicted molar refractivity (Wildman–Crippen MR) is 196 cm³/mol. The highest BCUT2D eigenvalue weighted by atomic mass is 32.2. The molecule has 0 radical (unpaired) electrons. The molecule has 1 aliphatic heterocycles.